The van der Waals surface area contributed by atoms with Crippen molar-refractivity contribution in [1.82, 2.24) is 0 Å². The fourth-order valence-electron chi connectivity index (χ4n) is 2.32. The maximum atomic E-state index is 5.96. The quantitative estimate of drug-likeness (QED) is 0.782. The standard InChI is InChI=1S/C19H23NO/c1-3-7-18-13-17(12-15(2)20)10-11-19(18)21-14-16-8-5-4-6-9-16/h3-6,8-11,13,15H,1,7,12,14,20H2,2H3. The summed E-state index contributed by atoms with van der Waals surface area (Å²) in [5.41, 5.74) is 9.45. The van der Waals surface area contributed by atoms with Crippen LogP contribution in [0.25, 0.3) is 0 Å². The highest BCUT2D eigenvalue weighted by molar-refractivity contribution is 5.39. The van der Waals surface area contributed by atoms with E-state index in [0.717, 1.165) is 18.6 Å². The second kappa shape index (κ2) is 7.65. The van der Waals surface area contributed by atoms with Crippen LogP contribution in [-0.2, 0) is 19.4 Å². The van der Waals surface area contributed by atoms with Crippen molar-refractivity contribution in [2.45, 2.75) is 32.4 Å². The van der Waals surface area contributed by atoms with Crippen LogP contribution in [0.5, 0.6) is 5.75 Å². The SMILES string of the molecule is C=CCc1cc(CC(C)N)ccc1OCc1ccccc1. The number of hydrogen-bond acceptors (Lipinski definition) is 2. The molecule has 2 heteroatoms. The molecule has 2 aromatic carbocycles. The maximum Gasteiger partial charge on any atom is 0.123 e. The largest absolute Gasteiger partial charge is 0.489 e. The van der Waals surface area contributed by atoms with Gasteiger partial charge in [-0.1, -0.05) is 48.5 Å². The van der Waals surface area contributed by atoms with Crippen LogP contribution in [0.15, 0.2) is 61.2 Å². The van der Waals surface area contributed by atoms with Gasteiger partial charge in [-0.05, 0) is 42.5 Å². The first-order chi connectivity index (χ1) is 10.2. The molecule has 110 valence electrons. The molecule has 0 heterocycles. The van der Waals surface area contributed by atoms with Gasteiger partial charge in [0.2, 0.25) is 0 Å². The van der Waals surface area contributed by atoms with Gasteiger partial charge >= 0.3 is 0 Å². The van der Waals surface area contributed by atoms with Crippen LogP contribution in [0.3, 0.4) is 0 Å². The van der Waals surface area contributed by atoms with Crippen molar-refractivity contribution >= 4 is 0 Å². The highest BCUT2D eigenvalue weighted by atomic mass is 16.5. The van der Waals surface area contributed by atoms with E-state index >= 15 is 0 Å². The topological polar surface area (TPSA) is 35.2 Å². The summed E-state index contributed by atoms with van der Waals surface area (Å²) >= 11 is 0. The molecular weight excluding hydrogens is 258 g/mol. The molecule has 2 N–H and O–H groups in total. The Bertz CT molecular complexity index is 575. The lowest BCUT2D eigenvalue weighted by Crippen LogP contribution is -2.17. The lowest BCUT2D eigenvalue weighted by atomic mass is 10.0. The van der Waals surface area contributed by atoms with Crippen molar-refractivity contribution in [2.75, 3.05) is 0 Å². The van der Waals surface area contributed by atoms with Gasteiger partial charge in [-0.3, -0.25) is 0 Å². The zero-order chi connectivity index (χ0) is 15.1. The Morgan fingerprint density at radius 2 is 1.90 bits per heavy atom. The van der Waals surface area contributed by atoms with E-state index in [4.69, 9.17) is 10.5 Å². The van der Waals surface area contributed by atoms with E-state index in [1.54, 1.807) is 0 Å². The molecule has 0 spiro atoms. The molecular formula is C19H23NO. The van der Waals surface area contributed by atoms with Crippen molar-refractivity contribution in [1.29, 1.82) is 0 Å². The molecule has 0 bridgehead atoms. The third-order valence-electron chi connectivity index (χ3n) is 3.28. The number of nitrogens with two attached hydrogens (primary N) is 1. The van der Waals surface area contributed by atoms with Gasteiger partial charge in [-0.2, -0.15) is 0 Å². The zero-order valence-corrected chi connectivity index (χ0v) is 12.6. The monoisotopic (exact) mass is 281 g/mol. The molecule has 0 aliphatic rings. The van der Waals surface area contributed by atoms with Gasteiger partial charge in [0.1, 0.15) is 12.4 Å². The Labute approximate surface area is 127 Å². The molecule has 2 aromatic rings. The van der Waals surface area contributed by atoms with Gasteiger partial charge in [0, 0.05) is 6.04 Å². The van der Waals surface area contributed by atoms with E-state index < -0.39 is 0 Å². The van der Waals surface area contributed by atoms with Crippen molar-refractivity contribution in [3.05, 3.63) is 77.9 Å². The summed E-state index contributed by atoms with van der Waals surface area (Å²) in [5.74, 6) is 0.923. The summed E-state index contributed by atoms with van der Waals surface area (Å²) < 4.78 is 5.96. The number of ether oxygens (including phenoxy) is 1. The number of hydrogen-bond donors (Lipinski definition) is 1. The Hall–Kier alpha value is -2.06. The molecule has 0 aliphatic carbocycles. The molecule has 2 rings (SSSR count). The smallest absolute Gasteiger partial charge is 0.123 e. The van der Waals surface area contributed by atoms with Gasteiger partial charge in [0.05, 0.1) is 0 Å². The minimum atomic E-state index is 0.165. The summed E-state index contributed by atoms with van der Waals surface area (Å²) in [6.07, 6.45) is 3.58. The highest BCUT2D eigenvalue weighted by Gasteiger charge is 2.06. The minimum absolute atomic E-state index is 0.165. The lowest BCUT2D eigenvalue weighted by molar-refractivity contribution is 0.303. The van der Waals surface area contributed by atoms with Crippen molar-refractivity contribution in [3.8, 4) is 5.75 Å². The van der Waals surface area contributed by atoms with Gasteiger partial charge in [-0.25, -0.2) is 0 Å². The predicted molar refractivity (Wildman–Crippen MR) is 88.5 cm³/mol. The molecule has 0 saturated heterocycles. The highest BCUT2D eigenvalue weighted by Crippen LogP contribution is 2.23. The molecule has 0 aromatic heterocycles. The van der Waals surface area contributed by atoms with E-state index in [0.29, 0.717) is 6.61 Å². The lowest BCUT2D eigenvalue weighted by Gasteiger charge is -2.13. The van der Waals surface area contributed by atoms with E-state index in [2.05, 4.69) is 30.8 Å². The average molecular weight is 281 g/mol. The summed E-state index contributed by atoms with van der Waals surface area (Å²) in [6.45, 7) is 6.43. The summed E-state index contributed by atoms with van der Waals surface area (Å²) in [6, 6.07) is 16.7. The zero-order valence-electron chi connectivity index (χ0n) is 12.6. The first-order valence-electron chi connectivity index (χ1n) is 7.34. The Kier molecular flexibility index (Phi) is 5.59. The normalized spacial score (nSPS) is 11.9. The number of allylic oxidation sites excluding steroid dienone is 1. The van der Waals surface area contributed by atoms with E-state index in [1.807, 2.05) is 37.3 Å². The van der Waals surface area contributed by atoms with E-state index in [9.17, 15) is 0 Å². The second-order valence-corrected chi connectivity index (χ2v) is 5.39. The minimum Gasteiger partial charge on any atom is -0.489 e. The van der Waals surface area contributed by atoms with Crippen LogP contribution in [0.1, 0.15) is 23.6 Å². The molecule has 0 saturated carbocycles. The third kappa shape index (κ3) is 4.76. The third-order valence-corrected chi connectivity index (χ3v) is 3.28. The molecule has 0 radical (unpaired) electrons. The Morgan fingerprint density at radius 3 is 2.57 bits per heavy atom. The Morgan fingerprint density at radius 1 is 1.14 bits per heavy atom. The second-order valence-electron chi connectivity index (χ2n) is 5.39. The fraction of sp³-hybridized carbons (Fsp3) is 0.263. The molecule has 1 unspecified atom stereocenters. The first kappa shape index (κ1) is 15.3. The number of rotatable bonds is 7. The van der Waals surface area contributed by atoms with Crippen LogP contribution in [0, 0.1) is 0 Å². The summed E-state index contributed by atoms with van der Waals surface area (Å²) in [7, 11) is 0. The average Bonchev–Trinajstić information content (AvgIpc) is 2.47. The fourth-order valence-corrected chi connectivity index (χ4v) is 2.32. The van der Waals surface area contributed by atoms with E-state index in [1.165, 1.54) is 16.7 Å². The molecule has 2 nitrogen and oxygen atoms in total. The van der Waals surface area contributed by atoms with Crippen molar-refractivity contribution < 1.29 is 4.74 Å². The number of benzene rings is 2. The van der Waals surface area contributed by atoms with Crippen LogP contribution in [-0.4, -0.2) is 6.04 Å². The van der Waals surface area contributed by atoms with Gasteiger partial charge < -0.3 is 10.5 Å². The van der Waals surface area contributed by atoms with E-state index in [-0.39, 0.29) is 6.04 Å². The maximum absolute atomic E-state index is 5.96. The van der Waals surface area contributed by atoms with Crippen molar-refractivity contribution in [3.63, 3.8) is 0 Å². The van der Waals surface area contributed by atoms with Gasteiger partial charge in [-0.15, -0.1) is 6.58 Å². The molecule has 1 atom stereocenters. The summed E-state index contributed by atoms with van der Waals surface area (Å²) in [4.78, 5) is 0. The van der Waals surface area contributed by atoms with Crippen molar-refractivity contribution in [2.24, 2.45) is 5.73 Å². The molecule has 0 amide bonds. The summed E-state index contributed by atoms with van der Waals surface area (Å²) in [5, 5.41) is 0. The van der Waals surface area contributed by atoms with Gasteiger partial charge in [0.15, 0.2) is 0 Å². The van der Waals surface area contributed by atoms with Crippen LogP contribution in [0.4, 0.5) is 0 Å². The van der Waals surface area contributed by atoms with Crippen LogP contribution in [0.2, 0.25) is 0 Å². The first-order valence-corrected chi connectivity index (χ1v) is 7.34. The van der Waals surface area contributed by atoms with Crippen LogP contribution >= 0.6 is 0 Å². The predicted octanol–water partition coefficient (Wildman–Crippen LogP) is 3.88. The molecule has 0 aliphatic heterocycles. The molecule has 0 fully saturated rings. The van der Waals surface area contributed by atoms with Crippen LogP contribution < -0.4 is 10.5 Å². The molecule has 21 heavy (non-hydrogen) atoms. The van der Waals surface area contributed by atoms with Gasteiger partial charge in [0.25, 0.3) is 0 Å². The Balaban J connectivity index is 2.12.